The summed E-state index contributed by atoms with van der Waals surface area (Å²) in [6.07, 6.45) is 27.5. The third-order valence-electron chi connectivity index (χ3n) is 6.88. The van der Waals surface area contributed by atoms with Gasteiger partial charge in [-0.3, -0.25) is 0 Å². The quantitative estimate of drug-likeness (QED) is 0.140. The Bertz CT molecular complexity index is 716. The Labute approximate surface area is 223 Å². The predicted octanol–water partition coefficient (Wildman–Crippen LogP) is 6.09. The summed E-state index contributed by atoms with van der Waals surface area (Å²) in [5.74, 6) is 1.27. The molecule has 200 valence electrons. The van der Waals surface area contributed by atoms with Crippen LogP contribution in [0.25, 0.3) is 11.4 Å². The predicted molar refractivity (Wildman–Crippen MR) is 146 cm³/mol. The molecule has 0 bridgehead atoms. The molecule has 1 aromatic heterocycles. The Morgan fingerprint density at radius 1 is 0.657 bits per heavy atom. The van der Waals surface area contributed by atoms with Crippen molar-refractivity contribution in [2.45, 2.75) is 136 Å². The maximum Gasteiger partial charge on any atom is 0.290 e. The van der Waals surface area contributed by atoms with Crippen molar-refractivity contribution < 1.29 is 21.7 Å². The minimum Gasteiger partial charge on any atom is -1.00 e. The van der Waals surface area contributed by atoms with Crippen molar-refractivity contribution >= 4 is 0 Å². The normalized spacial score (nSPS) is 11.0. The van der Waals surface area contributed by atoms with E-state index in [-0.39, 0.29) is 12.4 Å². The molecule has 0 atom stereocenters. The van der Waals surface area contributed by atoms with Crippen LogP contribution < -0.4 is 17.0 Å². The molecule has 0 N–H and O–H groups in total. The second-order valence-electron chi connectivity index (χ2n) is 9.99. The molecule has 0 fully saturated rings. The first-order valence-electron chi connectivity index (χ1n) is 14.6. The molecule has 0 unspecified atom stereocenters. The zero-order chi connectivity index (χ0) is 24.1. The fourth-order valence-corrected chi connectivity index (χ4v) is 4.76. The molecule has 3 nitrogen and oxygen atoms in total. The molecule has 0 amide bonds. The molecule has 2 rings (SSSR count). The Kier molecular flexibility index (Phi) is 19.9. The van der Waals surface area contributed by atoms with Gasteiger partial charge >= 0.3 is 0 Å². The van der Waals surface area contributed by atoms with Crippen molar-refractivity contribution in [2.24, 2.45) is 0 Å². The van der Waals surface area contributed by atoms with Gasteiger partial charge in [-0.25, -0.2) is 9.13 Å². The number of ether oxygens (including phenoxy) is 1. The molecule has 1 heterocycles. The number of hydrogen-bond acceptors (Lipinski definition) is 1. The maximum absolute atomic E-state index is 6.08. The van der Waals surface area contributed by atoms with Gasteiger partial charge in [0.2, 0.25) is 0 Å². The van der Waals surface area contributed by atoms with E-state index in [9.17, 15) is 0 Å². The number of nitrogens with zero attached hydrogens (tertiary/aromatic N) is 2. The van der Waals surface area contributed by atoms with Crippen LogP contribution in [0.5, 0.6) is 0 Å². The molecular weight excluding hydrogens is 452 g/mol. The number of imidazole rings is 1. The third-order valence-corrected chi connectivity index (χ3v) is 6.88. The lowest BCUT2D eigenvalue weighted by Gasteiger charge is -2.07. The summed E-state index contributed by atoms with van der Waals surface area (Å²) in [4.78, 5) is 0. The van der Waals surface area contributed by atoms with Gasteiger partial charge in [0, 0.05) is 0 Å². The van der Waals surface area contributed by atoms with Crippen LogP contribution in [-0.4, -0.2) is 11.2 Å². The molecule has 0 aliphatic heterocycles. The summed E-state index contributed by atoms with van der Waals surface area (Å²) in [6, 6.07) is 10.8. The van der Waals surface area contributed by atoms with E-state index in [0.29, 0.717) is 6.73 Å². The highest BCUT2D eigenvalue weighted by Gasteiger charge is 2.19. The van der Waals surface area contributed by atoms with Crippen LogP contribution >= 0.6 is 0 Å². The summed E-state index contributed by atoms with van der Waals surface area (Å²) in [5.41, 5.74) is 1.28. The number of aromatic nitrogens is 2. The Morgan fingerprint density at radius 2 is 1.17 bits per heavy atom. The molecule has 4 heteroatoms. The molecule has 0 aliphatic rings. The van der Waals surface area contributed by atoms with Crippen molar-refractivity contribution in [1.82, 2.24) is 4.57 Å². The largest absolute Gasteiger partial charge is 1.00 e. The maximum atomic E-state index is 6.08. The fraction of sp³-hybridized carbons (Fsp3) is 0.710. The average Bonchev–Trinajstić information content (AvgIpc) is 3.27. The highest BCUT2D eigenvalue weighted by Crippen LogP contribution is 2.17. The molecule has 0 spiro atoms. The molecular formula is C31H53ClN2O. The molecule has 2 aromatic rings. The summed E-state index contributed by atoms with van der Waals surface area (Å²) in [7, 11) is 0. The molecule has 0 radical (unpaired) electrons. The summed E-state index contributed by atoms with van der Waals surface area (Å²) in [5, 5.41) is 0. The Balaban J connectivity index is 0.00000612. The number of benzene rings is 1. The van der Waals surface area contributed by atoms with Gasteiger partial charge in [0.1, 0.15) is 12.4 Å². The minimum atomic E-state index is 0. The van der Waals surface area contributed by atoms with Gasteiger partial charge in [0.15, 0.2) is 6.73 Å². The van der Waals surface area contributed by atoms with Crippen LogP contribution in [0, 0.1) is 0 Å². The van der Waals surface area contributed by atoms with Gasteiger partial charge in [-0.05, 0) is 31.4 Å². The minimum absolute atomic E-state index is 0. The highest BCUT2D eigenvalue weighted by molar-refractivity contribution is 5.52. The van der Waals surface area contributed by atoms with Gasteiger partial charge in [-0.1, -0.05) is 122 Å². The van der Waals surface area contributed by atoms with Crippen LogP contribution in [-0.2, 0) is 18.0 Å². The zero-order valence-corrected chi connectivity index (χ0v) is 23.6. The van der Waals surface area contributed by atoms with Crippen LogP contribution in [0.3, 0.4) is 0 Å². The Hall–Kier alpha value is -1.32. The van der Waals surface area contributed by atoms with Crippen molar-refractivity contribution in [2.75, 3.05) is 6.61 Å². The average molecular weight is 505 g/mol. The standard InChI is InChI=1S/C31H53N2O.ClH/c1-3-5-7-9-11-12-13-14-16-21-25-32-26-27-33(31(32)30-23-19-18-20-24-30)29-34-28-22-17-15-10-8-6-4-2;/h18-20,23-24,26-27H,3-17,21-22,25,28-29H2,1-2H3;1H/q+1;/p-1. The number of halogens is 1. The second-order valence-corrected chi connectivity index (χ2v) is 9.99. The van der Waals surface area contributed by atoms with E-state index in [1.807, 2.05) is 0 Å². The molecule has 0 saturated heterocycles. The van der Waals surface area contributed by atoms with Gasteiger partial charge < -0.3 is 17.1 Å². The summed E-state index contributed by atoms with van der Waals surface area (Å²) < 4.78 is 10.8. The third kappa shape index (κ3) is 14.1. The van der Waals surface area contributed by atoms with E-state index in [2.05, 4.69) is 65.7 Å². The van der Waals surface area contributed by atoms with E-state index >= 15 is 0 Å². The first-order chi connectivity index (χ1) is 16.9. The lowest BCUT2D eigenvalue weighted by Crippen LogP contribution is -3.00. The smallest absolute Gasteiger partial charge is 0.290 e. The Morgan fingerprint density at radius 3 is 1.74 bits per heavy atom. The fourth-order valence-electron chi connectivity index (χ4n) is 4.76. The second kappa shape index (κ2) is 21.9. The van der Waals surface area contributed by atoms with Crippen molar-refractivity contribution in [3.8, 4) is 11.4 Å². The first kappa shape index (κ1) is 31.7. The topological polar surface area (TPSA) is 18.0 Å². The zero-order valence-electron chi connectivity index (χ0n) is 22.9. The van der Waals surface area contributed by atoms with Crippen molar-refractivity contribution in [3.63, 3.8) is 0 Å². The number of rotatable bonds is 22. The van der Waals surface area contributed by atoms with Gasteiger partial charge in [0.05, 0.1) is 18.7 Å². The van der Waals surface area contributed by atoms with Gasteiger partial charge in [-0.15, -0.1) is 0 Å². The number of hydrogen-bond donors (Lipinski definition) is 0. The van der Waals surface area contributed by atoms with Crippen LogP contribution in [0.2, 0.25) is 0 Å². The van der Waals surface area contributed by atoms with E-state index in [0.717, 1.165) is 13.2 Å². The van der Waals surface area contributed by atoms with Gasteiger partial charge in [-0.2, -0.15) is 0 Å². The lowest BCUT2D eigenvalue weighted by atomic mass is 10.1. The molecule has 35 heavy (non-hydrogen) atoms. The number of aryl methyl sites for hydroxylation is 1. The number of unbranched alkanes of at least 4 members (excludes halogenated alkanes) is 15. The monoisotopic (exact) mass is 504 g/mol. The summed E-state index contributed by atoms with van der Waals surface area (Å²) in [6.45, 7) is 7.16. The van der Waals surface area contributed by atoms with Gasteiger partial charge in [0.25, 0.3) is 5.82 Å². The van der Waals surface area contributed by atoms with Crippen LogP contribution in [0.15, 0.2) is 42.7 Å². The summed E-state index contributed by atoms with van der Waals surface area (Å²) >= 11 is 0. The van der Waals surface area contributed by atoms with E-state index in [1.54, 1.807) is 0 Å². The van der Waals surface area contributed by atoms with Crippen molar-refractivity contribution in [3.05, 3.63) is 42.7 Å². The van der Waals surface area contributed by atoms with Crippen LogP contribution in [0.1, 0.15) is 123 Å². The molecule has 0 aliphatic carbocycles. The first-order valence-corrected chi connectivity index (χ1v) is 14.6. The van der Waals surface area contributed by atoms with E-state index in [1.165, 1.54) is 121 Å². The highest BCUT2D eigenvalue weighted by atomic mass is 35.5. The van der Waals surface area contributed by atoms with Crippen LogP contribution in [0.4, 0.5) is 0 Å². The van der Waals surface area contributed by atoms with E-state index in [4.69, 9.17) is 4.74 Å². The SMILES string of the molecule is CCCCCCCCCCCCn1cc[n+](COCCCCCCCCC)c1-c1ccccc1.[Cl-]. The molecule has 1 aromatic carbocycles. The van der Waals surface area contributed by atoms with E-state index < -0.39 is 0 Å². The van der Waals surface area contributed by atoms with Crippen molar-refractivity contribution in [1.29, 1.82) is 0 Å². The molecule has 0 saturated carbocycles. The lowest BCUT2D eigenvalue weighted by molar-refractivity contribution is -0.722.